The maximum atomic E-state index is 12.9. The van der Waals surface area contributed by atoms with E-state index >= 15 is 0 Å². The molecule has 0 fully saturated rings. The van der Waals surface area contributed by atoms with Gasteiger partial charge in [0.05, 0.1) is 59.1 Å². The molecule has 0 aliphatic heterocycles. The Morgan fingerprint density at radius 3 is 1.05 bits per heavy atom. The number of rotatable bonds is 48. The number of benzene rings is 8. The molecule has 12 rings (SSSR count). The maximum absolute atomic E-state index is 12.9. The molecule has 2 unspecified atom stereocenters. The lowest BCUT2D eigenvalue weighted by molar-refractivity contribution is 0.224. The zero-order valence-electron chi connectivity index (χ0n) is 68.7. The Morgan fingerprint density at radius 2 is 0.693 bits per heavy atom. The largest absolute Gasteiger partial charge is 0.493 e. The average molecular weight is 1510 g/mol. The van der Waals surface area contributed by atoms with Crippen molar-refractivity contribution in [1.29, 1.82) is 5.26 Å². The van der Waals surface area contributed by atoms with Crippen LogP contribution in [0.3, 0.4) is 0 Å². The summed E-state index contributed by atoms with van der Waals surface area (Å²) in [7, 11) is 0. The minimum absolute atomic E-state index is 0.295. The van der Waals surface area contributed by atoms with Crippen molar-refractivity contribution in [2.75, 3.05) is 13.2 Å². The predicted molar refractivity (Wildman–Crippen MR) is 481 cm³/mol. The fourth-order valence-corrected chi connectivity index (χ4v) is 17.2. The number of nitriles is 1. The number of nitrogens with zero attached hydrogens (tertiary/aromatic N) is 8. The average Bonchev–Trinajstić information content (AvgIpc) is 1.52. The Balaban J connectivity index is 1.18. The van der Waals surface area contributed by atoms with Crippen molar-refractivity contribution in [3.8, 4) is 40.1 Å². The van der Waals surface area contributed by atoms with Crippen LogP contribution in [0.5, 0.6) is 11.5 Å². The van der Waals surface area contributed by atoms with Crippen LogP contribution in [-0.2, 0) is 0 Å². The van der Waals surface area contributed by atoms with E-state index in [9.17, 15) is 11.8 Å². The van der Waals surface area contributed by atoms with Gasteiger partial charge in [-0.15, -0.1) is 0 Å². The first-order valence-electron chi connectivity index (χ1n) is 43.9. The first-order valence-corrected chi connectivity index (χ1v) is 43.9. The molecule has 0 amide bonds. The van der Waals surface area contributed by atoms with Gasteiger partial charge in [0.2, 0.25) is 5.70 Å². The lowest BCUT2D eigenvalue weighted by Gasteiger charge is -2.25. The monoisotopic (exact) mass is 1510 g/mol. The molecule has 0 saturated carbocycles. The van der Waals surface area contributed by atoms with E-state index in [-0.39, 0.29) is 0 Å². The fourth-order valence-electron chi connectivity index (χ4n) is 17.2. The van der Waals surface area contributed by atoms with Gasteiger partial charge in [0, 0.05) is 44.8 Å². The van der Waals surface area contributed by atoms with E-state index in [2.05, 4.69) is 213 Å². The molecule has 0 aliphatic carbocycles. The lowest BCUT2D eigenvalue weighted by Crippen LogP contribution is -2.54. The van der Waals surface area contributed by atoms with Gasteiger partial charge in [-0.1, -0.05) is 399 Å². The number of ether oxygens (including phenoxy) is 2. The third-order valence-electron chi connectivity index (χ3n) is 23.3. The van der Waals surface area contributed by atoms with E-state index in [1.807, 2.05) is 48.5 Å². The van der Waals surface area contributed by atoms with Gasteiger partial charge in [-0.25, -0.2) is 9.83 Å². The second-order valence-electron chi connectivity index (χ2n) is 31.8. The Kier molecular flexibility index (Phi) is 32.8. The van der Waals surface area contributed by atoms with Gasteiger partial charge in [0.15, 0.2) is 0 Å². The zero-order chi connectivity index (χ0) is 78.7. The van der Waals surface area contributed by atoms with Crippen LogP contribution in [0.15, 0.2) is 231 Å². The number of fused-ring (bicyclic) bond motifs is 3. The molecule has 8 aromatic carbocycles. The summed E-state index contributed by atoms with van der Waals surface area (Å²) in [5.41, 5.74) is 11.4. The molecule has 12 aromatic rings. The molecular weight excluding hydrogens is 1390 g/mol. The molecule has 10 nitrogen and oxygen atoms in total. The summed E-state index contributed by atoms with van der Waals surface area (Å²) in [5, 5.41) is 15.6. The van der Waals surface area contributed by atoms with Gasteiger partial charge in [-0.2, -0.15) is 5.26 Å². The maximum Gasteiger partial charge on any atom is 0.328 e. The summed E-state index contributed by atoms with van der Waals surface area (Å²) in [6.45, 7) is 19.2. The van der Waals surface area contributed by atoms with E-state index < -0.39 is 13.7 Å². The molecular formula is C102H120B2N8O2. The normalized spacial score (nSPS) is 12.5. The number of hydrogen-bond donors (Lipinski definition) is 0. The molecule has 114 heavy (non-hydrogen) atoms. The highest BCUT2D eigenvalue weighted by Gasteiger charge is 2.38. The van der Waals surface area contributed by atoms with Crippen LogP contribution >= 0.6 is 0 Å². The molecule has 0 radical (unpaired) electrons. The number of unbranched alkanes of at least 4 members (excludes halogenated alkanes) is 24. The van der Waals surface area contributed by atoms with Crippen molar-refractivity contribution < 1.29 is 9.47 Å². The summed E-state index contributed by atoms with van der Waals surface area (Å²) < 4.78 is 19.5. The topological polar surface area (TPSA) is 108 Å². The van der Waals surface area contributed by atoms with Gasteiger partial charge in [0.25, 0.3) is 0 Å². The van der Waals surface area contributed by atoms with Gasteiger partial charge in [0.1, 0.15) is 28.8 Å². The quantitative estimate of drug-likeness (QED) is 0.0212. The van der Waals surface area contributed by atoms with E-state index in [1.54, 1.807) is 12.4 Å². The van der Waals surface area contributed by atoms with Gasteiger partial charge in [-0.05, 0) is 86.1 Å². The van der Waals surface area contributed by atoms with Crippen molar-refractivity contribution in [3.63, 3.8) is 0 Å². The Bertz CT molecular complexity index is 4750. The Hall–Kier alpha value is -10.3. The third-order valence-corrected chi connectivity index (χ3v) is 23.3. The summed E-state index contributed by atoms with van der Waals surface area (Å²) in [5.74, 6) is 2.27. The number of hydrogen-bond acceptors (Lipinski definition) is 7. The van der Waals surface area contributed by atoms with Gasteiger partial charge < -0.3 is 18.4 Å². The fraction of sp³-hybridized carbons (Fsp3) is 0.392. The van der Waals surface area contributed by atoms with Crippen LogP contribution in [0.1, 0.15) is 245 Å². The van der Waals surface area contributed by atoms with Gasteiger partial charge in [-0.3, -0.25) is 15.0 Å². The third kappa shape index (κ3) is 22.2. The molecule has 0 saturated heterocycles. The van der Waals surface area contributed by atoms with Crippen LogP contribution in [0.4, 0.5) is 0 Å². The van der Waals surface area contributed by atoms with E-state index in [1.165, 1.54) is 180 Å². The smallest absolute Gasteiger partial charge is 0.328 e. The second kappa shape index (κ2) is 45.0. The first-order chi connectivity index (χ1) is 56.4. The molecule has 2 atom stereocenters. The van der Waals surface area contributed by atoms with Crippen LogP contribution in [0.2, 0.25) is 0 Å². The minimum Gasteiger partial charge on any atom is -0.493 e. The van der Waals surface area contributed by atoms with Crippen LogP contribution < -0.4 is 42.0 Å². The number of para-hydroxylation sites is 4. The van der Waals surface area contributed by atoms with E-state index in [4.69, 9.17) is 34.3 Å². The van der Waals surface area contributed by atoms with Crippen molar-refractivity contribution >= 4 is 79.7 Å². The molecule has 586 valence electrons. The molecule has 4 aromatic heterocycles. The first kappa shape index (κ1) is 83.1. The summed E-state index contributed by atoms with van der Waals surface area (Å²) >= 11 is 0. The van der Waals surface area contributed by atoms with E-state index in [0.29, 0.717) is 75.0 Å². The van der Waals surface area contributed by atoms with Gasteiger partial charge >= 0.3 is 13.7 Å². The number of aromatic nitrogens is 6. The van der Waals surface area contributed by atoms with Crippen molar-refractivity contribution in [2.24, 2.45) is 11.8 Å². The van der Waals surface area contributed by atoms with E-state index in [0.717, 1.165) is 97.8 Å². The summed E-state index contributed by atoms with van der Waals surface area (Å²) in [6, 6.07) is 78.9. The van der Waals surface area contributed by atoms with Crippen LogP contribution in [0.25, 0.3) is 71.5 Å². The minimum atomic E-state index is -0.594. The highest BCUT2D eigenvalue weighted by Crippen LogP contribution is 2.39. The van der Waals surface area contributed by atoms with Crippen LogP contribution in [0, 0.1) is 29.7 Å². The summed E-state index contributed by atoms with van der Waals surface area (Å²) in [4.78, 5) is 26.1. The van der Waals surface area contributed by atoms with Crippen LogP contribution in [-0.4, -0.2) is 55.8 Å². The zero-order valence-corrected chi connectivity index (χ0v) is 68.7. The SMILES string of the molecule is [C-]#[N+]/C(c1cnc2ccccc2n1)=c1\c2c(-c3cccc(OCC(CCCCCCCC)CCCCCCCCCC)c3)n(B(c3ccccc3)c3ccccc3)/c(=C(/C#N)c3cnc4ccccc4n3)c2c(-c2cccc(OCC(CCCCCCCC)CCCCCCCCCC)c2)n1B(c1ccccc1)c1ccccc1. The lowest BCUT2D eigenvalue weighted by atomic mass is 9.50. The Morgan fingerprint density at radius 1 is 0.377 bits per heavy atom. The molecule has 0 aliphatic rings. The second-order valence-corrected chi connectivity index (χ2v) is 31.8. The highest BCUT2D eigenvalue weighted by molar-refractivity contribution is 6.85. The van der Waals surface area contributed by atoms with Crippen molar-refractivity contribution in [3.05, 3.63) is 264 Å². The molecule has 0 N–H and O–H groups in total. The van der Waals surface area contributed by atoms with Crippen molar-refractivity contribution in [2.45, 2.75) is 233 Å². The molecule has 12 heteroatoms. The Labute approximate surface area is 681 Å². The standard InChI is InChI=1S/C102H120B2N8O2/c1-6-10-14-18-22-24-28-36-54-79(52-34-26-20-16-12-8-3)77-113-87-66-50-56-81(72-87)99-96-97(102(98(106-5)95-76-108-91-69-47-49-71-93(91)110-95)112(99)104(85-62-42-32-43-63-85)86-64-44-33-45-65-86)100(82-57-51-67-88(73-82)114-78-80(53-35-27-21-17-13-9-4)55-37-29-25-23-19-15-11-7-2)111(103(83-58-38-30-39-59-83)84-60-40-31-41-61-84)101(96)89(74-105)94-75-107-90-68-46-48-70-92(90)109-94/h30-33,38-51,56-73,75-76,79-80H,6-29,34-37,52-55,77-78H2,1-4H3/b101-89-,102-98+. The molecule has 0 bridgehead atoms. The highest BCUT2D eigenvalue weighted by atomic mass is 16.5. The molecule has 0 spiro atoms. The summed E-state index contributed by atoms with van der Waals surface area (Å²) in [6.07, 6.45) is 43.5. The van der Waals surface area contributed by atoms with Crippen molar-refractivity contribution in [1.82, 2.24) is 28.9 Å². The predicted octanol–water partition coefficient (Wildman–Crippen LogP) is 23.3. The molecule has 4 heterocycles.